The van der Waals surface area contributed by atoms with E-state index >= 15 is 0 Å². The monoisotopic (exact) mass is 354 g/mol. The first kappa shape index (κ1) is 13.2. The molecule has 0 aliphatic carbocycles. The van der Waals surface area contributed by atoms with Gasteiger partial charge in [0.25, 0.3) is 0 Å². The molecule has 0 saturated heterocycles. The Bertz CT molecular complexity index is 717. The summed E-state index contributed by atoms with van der Waals surface area (Å²) < 4.78 is 3.34. The zero-order chi connectivity index (χ0) is 13.4. The molecule has 1 unspecified atom stereocenters. The second kappa shape index (κ2) is 5.27. The molecule has 0 N–H and O–H groups in total. The zero-order valence-corrected chi connectivity index (χ0v) is 13.5. The summed E-state index contributed by atoms with van der Waals surface area (Å²) >= 11 is 11.6. The molecule has 19 heavy (non-hydrogen) atoms. The van der Waals surface area contributed by atoms with Gasteiger partial charge in [0.05, 0.1) is 23.0 Å². The summed E-state index contributed by atoms with van der Waals surface area (Å²) in [6.07, 6.45) is 0. The molecular weight excluding hydrogens is 344 g/mol. The van der Waals surface area contributed by atoms with Crippen LogP contribution in [0.3, 0.4) is 0 Å². The molecule has 0 fully saturated rings. The fraction of sp³-hybridized carbons (Fsp3) is 0.214. The fourth-order valence-corrected chi connectivity index (χ4v) is 3.78. The second-order valence-corrected chi connectivity index (χ2v) is 6.86. The molecule has 0 bridgehead atoms. The molecule has 0 aliphatic rings. The molecule has 3 rings (SSSR count). The van der Waals surface area contributed by atoms with E-state index in [0.717, 1.165) is 27.9 Å². The molecule has 0 amide bonds. The Balaban J connectivity index is 2.15. The summed E-state index contributed by atoms with van der Waals surface area (Å²) in [5, 5.41) is 1.98. The average molecular weight is 356 g/mol. The molecule has 5 heteroatoms. The number of rotatable bonds is 3. The number of alkyl halides is 1. The Kier molecular flexibility index (Phi) is 3.65. The van der Waals surface area contributed by atoms with E-state index in [1.165, 1.54) is 4.88 Å². The van der Waals surface area contributed by atoms with Crippen molar-refractivity contribution in [3.8, 4) is 0 Å². The number of benzene rings is 1. The zero-order valence-electron chi connectivity index (χ0n) is 10.3. The van der Waals surface area contributed by atoms with Gasteiger partial charge in [0.2, 0.25) is 0 Å². The number of nitrogens with zero attached hydrogens (tertiary/aromatic N) is 2. The molecule has 0 spiro atoms. The van der Waals surface area contributed by atoms with Gasteiger partial charge in [-0.25, -0.2) is 4.98 Å². The van der Waals surface area contributed by atoms with E-state index in [1.807, 2.05) is 25.1 Å². The van der Waals surface area contributed by atoms with Crippen molar-refractivity contribution >= 4 is 49.9 Å². The van der Waals surface area contributed by atoms with Gasteiger partial charge in [-0.3, -0.25) is 0 Å². The lowest BCUT2D eigenvalue weighted by Crippen LogP contribution is -2.05. The van der Waals surface area contributed by atoms with E-state index in [4.69, 9.17) is 11.6 Å². The molecule has 2 aromatic heterocycles. The van der Waals surface area contributed by atoms with Crippen LogP contribution in [-0.4, -0.2) is 9.55 Å². The Morgan fingerprint density at radius 1 is 1.37 bits per heavy atom. The average Bonchev–Trinajstić information content (AvgIpc) is 2.95. The first-order valence-electron chi connectivity index (χ1n) is 5.98. The number of aromatic nitrogens is 2. The number of fused-ring (bicyclic) bond motifs is 1. The van der Waals surface area contributed by atoms with E-state index in [9.17, 15) is 0 Å². The Morgan fingerprint density at radius 3 is 2.84 bits per heavy atom. The first-order valence-corrected chi connectivity index (χ1v) is 8.09. The Hall–Kier alpha value is -0.840. The largest absolute Gasteiger partial charge is 0.321 e. The molecular formula is C14H12BrClN2S. The van der Waals surface area contributed by atoms with Crippen molar-refractivity contribution < 1.29 is 0 Å². The van der Waals surface area contributed by atoms with E-state index in [2.05, 4.69) is 43.0 Å². The highest BCUT2D eigenvalue weighted by molar-refractivity contribution is 9.10. The van der Waals surface area contributed by atoms with Gasteiger partial charge in [-0.15, -0.1) is 22.9 Å². The molecule has 2 nitrogen and oxygen atoms in total. The van der Waals surface area contributed by atoms with Gasteiger partial charge in [0, 0.05) is 9.35 Å². The molecule has 1 atom stereocenters. The van der Waals surface area contributed by atoms with Gasteiger partial charge in [-0.05, 0) is 46.4 Å². The van der Waals surface area contributed by atoms with Crippen molar-refractivity contribution in [2.24, 2.45) is 0 Å². The Morgan fingerprint density at radius 2 is 2.16 bits per heavy atom. The third-order valence-corrected chi connectivity index (χ3v) is 5.14. The lowest BCUT2D eigenvalue weighted by molar-refractivity contribution is 0.749. The molecule has 1 aromatic carbocycles. The number of halogens is 2. The van der Waals surface area contributed by atoms with Gasteiger partial charge in [0.1, 0.15) is 5.82 Å². The van der Waals surface area contributed by atoms with Crippen LogP contribution in [0.15, 0.2) is 40.2 Å². The minimum absolute atomic E-state index is 0.105. The number of hydrogen-bond donors (Lipinski definition) is 0. The van der Waals surface area contributed by atoms with Gasteiger partial charge >= 0.3 is 0 Å². The standard InChI is InChI=1S/C14H12BrClN2S/c1-9(16)14-17-11-4-2-3-5-12(11)18(14)8-13-10(15)6-7-19-13/h2-7,9H,8H2,1H3. The van der Waals surface area contributed by atoms with Gasteiger partial charge in [-0.2, -0.15) is 0 Å². The quantitative estimate of drug-likeness (QED) is 0.590. The second-order valence-electron chi connectivity index (χ2n) is 4.35. The third kappa shape index (κ3) is 2.45. The smallest absolute Gasteiger partial charge is 0.128 e. The molecule has 0 saturated carbocycles. The van der Waals surface area contributed by atoms with E-state index in [0.29, 0.717) is 0 Å². The van der Waals surface area contributed by atoms with Crippen molar-refractivity contribution in [3.05, 3.63) is 50.9 Å². The number of para-hydroxylation sites is 2. The van der Waals surface area contributed by atoms with Crippen LogP contribution in [0.2, 0.25) is 0 Å². The topological polar surface area (TPSA) is 17.8 Å². The maximum atomic E-state index is 6.27. The lowest BCUT2D eigenvalue weighted by Gasteiger charge is -2.09. The normalized spacial score (nSPS) is 13.0. The third-order valence-electron chi connectivity index (χ3n) is 3.03. The van der Waals surface area contributed by atoms with E-state index in [1.54, 1.807) is 11.3 Å². The summed E-state index contributed by atoms with van der Waals surface area (Å²) in [6.45, 7) is 2.76. The fourth-order valence-electron chi connectivity index (χ4n) is 2.15. The molecule has 2 heterocycles. The number of hydrogen-bond acceptors (Lipinski definition) is 2. The highest BCUT2D eigenvalue weighted by atomic mass is 79.9. The van der Waals surface area contributed by atoms with E-state index in [-0.39, 0.29) is 5.38 Å². The van der Waals surface area contributed by atoms with Crippen LogP contribution in [-0.2, 0) is 6.54 Å². The molecule has 0 aliphatic heterocycles. The molecule has 3 aromatic rings. The summed E-state index contributed by atoms with van der Waals surface area (Å²) in [5.41, 5.74) is 2.13. The maximum absolute atomic E-state index is 6.27. The van der Waals surface area contributed by atoms with E-state index < -0.39 is 0 Å². The maximum Gasteiger partial charge on any atom is 0.128 e. The van der Waals surface area contributed by atoms with Crippen LogP contribution in [0.25, 0.3) is 11.0 Å². The summed E-state index contributed by atoms with van der Waals surface area (Å²) in [4.78, 5) is 5.92. The highest BCUT2D eigenvalue weighted by Crippen LogP contribution is 2.29. The predicted molar refractivity (Wildman–Crippen MR) is 85.1 cm³/mol. The van der Waals surface area contributed by atoms with Crippen molar-refractivity contribution in [2.75, 3.05) is 0 Å². The van der Waals surface area contributed by atoms with Crippen molar-refractivity contribution in [3.63, 3.8) is 0 Å². The summed E-state index contributed by atoms with van der Waals surface area (Å²) in [6, 6.07) is 10.2. The lowest BCUT2D eigenvalue weighted by atomic mass is 10.3. The van der Waals surface area contributed by atoms with Crippen LogP contribution < -0.4 is 0 Å². The number of thiophene rings is 1. The van der Waals surface area contributed by atoms with Crippen LogP contribution in [0.1, 0.15) is 23.0 Å². The number of imidazole rings is 1. The SMILES string of the molecule is CC(Cl)c1nc2ccccc2n1Cc1sccc1Br. The summed E-state index contributed by atoms with van der Waals surface area (Å²) in [5.74, 6) is 0.920. The minimum atomic E-state index is -0.105. The first-order chi connectivity index (χ1) is 9.16. The van der Waals surface area contributed by atoms with Crippen molar-refractivity contribution in [2.45, 2.75) is 18.8 Å². The predicted octanol–water partition coefficient (Wildman–Crippen LogP) is 5.21. The van der Waals surface area contributed by atoms with Crippen LogP contribution >= 0.6 is 38.9 Å². The van der Waals surface area contributed by atoms with Crippen molar-refractivity contribution in [1.82, 2.24) is 9.55 Å². The minimum Gasteiger partial charge on any atom is -0.321 e. The highest BCUT2D eigenvalue weighted by Gasteiger charge is 2.16. The Labute approximate surface area is 129 Å². The molecule has 0 radical (unpaired) electrons. The summed E-state index contributed by atoms with van der Waals surface area (Å²) in [7, 11) is 0. The molecule has 98 valence electrons. The van der Waals surface area contributed by atoms with Gasteiger partial charge < -0.3 is 4.57 Å². The van der Waals surface area contributed by atoms with Gasteiger partial charge in [0.15, 0.2) is 0 Å². The van der Waals surface area contributed by atoms with Crippen molar-refractivity contribution in [1.29, 1.82) is 0 Å². The van der Waals surface area contributed by atoms with Crippen LogP contribution in [0, 0.1) is 0 Å². The van der Waals surface area contributed by atoms with Gasteiger partial charge in [-0.1, -0.05) is 12.1 Å². The van der Waals surface area contributed by atoms with Crippen LogP contribution in [0.4, 0.5) is 0 Å². The van der Waals surface area contributed by atoms with Crippen LogP contribution in [0.5, 0.6) is 0 Å².